The molecule has 0 atom stereocenters. The van der Waals surface area contributed by atoms with E-state index in [0.29, 0.717) is 31.6 Å². The number of benzene rings is 1. The standard InChI is InChI=1S/C18H26F3N3O3S/c1-14(2)6-7-22-17(25)13-23-8-10-24(11-9-23)28(26,27)16-5-3-4-15(12-16)18(19,20)21/h3-5,12,14H,6-11,13H2,1-2H3,(H,22,25)/p+1. The van der Waals surface area contributed by atoms with E-state index in [1.54, 1.807) is 0 Å². The summed E-state index contributed by atoms with van der Waals surface area (Å²) in [5.74, 6) is 0.419. The number of carbonyl (C=O) groups is 1. The van der Waals surface area contributed by atoms with Gasteiger partial charge in [0.05, 0.1) is 36.6 Å². The number of sulfonamides is 1. The number of quaternary nitrogens is 1. The van der Waals surface area contributed by atoms with Crippen LogP contribution in [0, 0.1) is 5.92 Å². The topological polar surface area (TPSA) is 70.9 Å². The molecule has 6 nitrogen and oxygen atoms in total. The van der Waals surface area contributed by atoms with E-state index in [9.17, 15) is 26.4 Å². The van der Waals surface area contributed by atoms with Crippen LogP contribution in [-0.2, 0) is 21.0 Å². The van der Waals surface area contributed by atoms with Crippen LogP contribution in [0.25, 0.3) is 0 Å². The molecule has 0 spiro atoms. The molecule has 10 heteroatoms. The Morgan fingerprint density at radius 2 is 1.89 bits per heavy atom. The molecule has 1 amide bonds. The maximum absolute atomic E-state index is 12.9. The van der Waals surface area contributed by atoms with Crippen molar-refractivity contribution < 1.29 is 31.3 Å². The van der Waals surface area contributed by atoms with Crippen LogP contribution < -0.4 is 10.2 Å². The predicted octanol–water partition coefficient (Wildman–Crippen LogP) is 0.757. The number of alkyl halides is 3. The van der Waals surface area contributed by atoms with Crippen molar-refractivity contribution in [3.05, 3.63) is 29.8 Å². The van der Waals surface area contributed by atoms with E-state index in [1.165, 1.54) is 10.4 Å². The van der Waals surface area contributed by atoms with Crippen LogP contribution in [0.4, 0.5) is 13.2 Å². The highest BCUT2D eigenvalue weighted by molar-refractivity contribution is 7.89. The van der Waals surface area contributed by atoms with Crippen molar-refractivity contribution in [3.63, 3.8) is 0 Å². The lowest BCUT2D eigenvalue weighted by atomic mass is 10.1. The van der Waals surface area contributed by atoms with Gasteiger partial charge in [0.1, 0.15) is 0 Å². The highest BCUT2D eigenvalue weighted by Gasteiger charge is 2.34. The smallest absolute Gasteiger partial charge is 0.351 e. The molecule has 1 heterocycles. The predicted molar refractivity (Wildman–Crippen MR) is 98.2 cm³/mol. The summed E-state index contributed by atoms with van der Waals surface area (Å²) in [6.45, 7) is 6.18. The molecule has 0 saturated carbocycles. The zero-order chi connectivity index (χ0) is 20.9. The Bertz CT molecular complexity index is 774. The molecule has 1 aliphatic rings. The van der Waals surface area contributed by atoms with Crippen molar-refractivity contribution >= 4 is 15.9 Å². The van der Waals surface area contributed by atoms with Gasteiger partial charge >= 0.3 is 6.18 Å². The fraction of sp³-hybridized carbons (Fsp3) is 0.611. The average Bonchev–Trinajstić information content (AvgIpc) is 2.61. The van der Waals surface area contributed by atoms with Gasteiger partial charge in [0.25, 0.3) is 5.91 Å². The number of piperazine rings is 1. The summed E-state index contributed by atoms with van der Waals surface area (Å²) in [6.07, 6.45) is -3.71. The van der Waals surface area contributed by atoms with E-state index < -0.39 is 21.8 Å². The van der Waals surface area contributed by atoms with Gasteiger partial charge in [-0.2, -0.15) is 17.5 Å². The van der Waals surface area contributed by atoms with Crippen LogP contribution in [0.15, 0.2) is 29.2 Å². The second kappa shape index (κ2) is 9.23. The molecule has 0 aliphatic carbocycles. The second-order valence-corrected chi connectivity index (χ2v) is 9.33. The van der Waals surface area contributed by atoms with Gasteiger partial charge in [0.15, 0.2) is 6.54 Å². The van der Waals surface area contributed by atoms with Gasteiger partial charge < -0.3 is 10.2 Å². The van der Waals surface area contributed by atoms with Gasteiger partial charge in [-0.3, -0.25) is 4.79 Å². The van der Waals surface area contributed by atoms with Crippen molar-refractivity contribution in [2.75, 3.05) is 39.3 Å². The molecule has 0 bridgehead atoms. The van der Waals surface area contributed by atoms with Gasteiger partial charge in [-0.05, 0) is 30.5 Å². The number of amides is 1. The first-order valence-corrected chi connectivity index (χ1v) is 10.7. The lowest BCUT2D eigenvalue weighted by Crippen LogP contribution is -3.15. The highest BCUT2D eigenvalue weighted by Crippen LogP contribution is 2.31. The van der Waals surface area contributed by atoms with E-state index in [4.69, 9.17) is 0 Å². The molecule has 28 heavy (non-hydrogen) atoms. The number of nitrogens with zero attached hydrogens (tertiary/aromatic N) is 1. The average molecular weight is 422 g/mol. The summed E-state index contributed by atoms with van der Waals surface area (Å²) >= 11 is 0. The minimum atomic E-state index is -4.60. The SMILES string of the molecule is CC(C)CCNC(=O)C[NH+]1CCN(S(=O)(=O)c2cccc(C(F)(F)F)c2)CC1. The van der Waals surface area contributed by atoms with Crippen LogP contribution in [0.3, 0.4) is 0 Å². The number of hydrogen-bond acceptors (Lipinski definition) is 3. The quantitative estimate of drug-likeness (QED) is 0.682. The maximum atomic E-state index is 12.9. The molecule has 2 rings (SSSR count). The fourth-order valence-electron chi connectivity index (χ4n) is 2.99. The van der Waals surface area contributed by atoms with Crippen molar-refractivity contribution in [2.24, 2.45) is 5.92 Å². The van der Waals surface area contributed by atoms with Crippen LogP contribution >= 0.6 is 0 Å². The van der Waals surface area contributed by atoms with E-state index >= 15 is 0 Å². The van der Waals surface area contributed by atoms with E-state index in [0.717, 1.165) is 23.5 Å². The molecule has 2 N–H and O–H groups in total. The third-order valence-electron chi connectivity index (χ3n) is 4.68. The molecule has 0 unspecified atom stereocenters. The summed E-state index contributed by atoms with van der Waals surface area (Å²) in [5, 5.41) is 2.85. The Balaban J connectivity index is 1.92. The first kappa shape index (κ1) is 22.6. The first-order chi connectivity index (χ1) is 13.0. The molecule has 0 radical (unpaired) electrons. The number of rotatable bonds is 7. The Morgan fingerprint density at radius 3 is 2.46 bits per heavy atom. The molecule has 1 fully saturated rings. The Morgan fingerprint density at radius 1 is 1.25 bits per heavy atom. The lowest BCUT2D eigenvalue weighted by molar-refractivity contribution is -0.895. The summed E-state index contributed by atoms with van der Waals surface area (Å²) < 4.78 is 65.1. The highest BCUT2D eigenvalue weighted by atomic mass is 32.2. The summed E-state index contributed by atoms with van der Waals surface area (Å²) in [5.41, 5.74) is -0.990. The number of carbonyl (C=O) groups excluding carboxylic acids is 1. The minimum absolute atomic E-state index is 0.0789. The molecule has 1 aliphatic heterocycles. The normalized spacial score (nSPS) is 17.1. The van der Waals surface area contributed by atoms with E-state index in [1.807, 2.05) is 0 Å². The van der Waals surface area contributed by atoms with Crippen molar-refractivity contribution in [1.29, 1.82) is 0 Å². The molecular weight excluding hydrogens is 395 g/mol. The zero-order valence-corrected chi connectivity index (χ0v) is 16.9. The molecule has 1 aromatic carbocycles. The van der Waals surface area contributed by atoms with E-state index in [2.05, 4.69) is 19.2 Å². The van der Waals surface area contributed by atoms with Crippen molar-refractivity contribution in [2.45, 2.75) is 31.3 Å². The van der Waals surface area contributed by atoms with E-state index in [-0.39, 0.29) is 30.4 Å². The maximum Gasteiger partial charge on any atom is 0.416 e. The van der Waals surface area contributed by atoms with Crippen LogP contribution in [0.1, 0.15) is 25.8 Å². The van der Waals surface area contributed by atoms with Gasteiger partial charge in [-0.25, -0.2) is 8.42 Å². The molecule has 0 aromatic heterocycles. The number of halogens is 3. The van der Waals surface area contributed by atoms with Crippen molar-refractivity contribution in [3.8, 4) is 0 Å². The molecule has 1 aromatic rings. The third-order valence-corrected chi connectivity index (χ3v) is 6.58. The second-order valence-electron chi connectivity index (χ2n) is 7.39. The lowest BCUT2D eigenvalue weighted by Gasteiger charge is -2.31. The van der Waals surface area contributed by atoms with Crippen molar-refractivity contribution in [1.82, 2.24) is 9.62 Å². The van der Waals surface area contributed by atoms with Gasteiger partial charge in [-0.15, -0.1) is 0 Å². The Kier molecular flexibility index (Phi) is 7.46. The number of nitrogens with one attached hydrogen (secondary N) is 2. The van der Waals surface area contributed by atoms with Gasteiger partial charge in [0, 0.05) is 6.54 Å². The zero-order valence-electron chi connectivity index (χ0n) is 16.1. The Labute approximate surface area is 163 Å². The van der Waals surface area contributed by atoms with Crippen LogP contribution in [0.2, 0.25) is 0 Å². The Hall–Kier alpha value is -1.65. The van der Waals surface area contributed by atoms with Crippen LogP contribution in [0.5, 0.6) is 0 Å². The number of hydrogen-bond donors (Lipinski definition) is 2. The molecule has 1 saturated heterocycles. The summed E-state index contributed by atoms with van der Waals surface area (Å²) in [7, 11) is -4.00. The minimum Gasteiger partial charge on any atom is -0.351 e. The van der Waals surface area contributed by atoms with Gasteiger partial charge in [-0.1, -0.05) is 19.9 Å². The van der Waals surface area contributed by atoms with Gasteiger partial charge in [0.2, 0.25) is 10.0 Å². The largest absolute Gasteiger partial charge is 0.416 e. The van der Waals surface area contributed by atoms with Crippen LogP contribution in [-0.4, -0.2) is 57.9 Å². The first-order valence-electron chi connectivity index (χ1n) is 9.28. The third kappa shape index (κ3) is 6.18. The fourth-order valence-corrected chi connectivity index (χ4v) is 4.48. The molecular formula is C18H27F3N3O3S+. The molecule has 158 valence electrons. The monoisotopic (exact) mass is 422 g/mol. The summed E-state index contributed by atoms with van der Waals surface area (Å²) in [6, 6.07) is 3.78. The summed E-state index contributed by atoms with van der Waals surface area (Å²) in [4.78, 5) is 12.5.